The zero-order valence-corrected chi connectivity index (χ0v) is 39.9. The molecule has 0 bridgehead atoms. The Hall–Kier alpha value is -0.460. The van der Waals surface area contributed by atoms with Crippen LogP contribution in [0, 0.1) is 0 Å². The lowest BCUT2D eigenvalue weighted by Crippen LogP contribution is -2.56. The fourth-order valence-electron chi connectivity index (χ4n) is 8.61. The normalized spacial score (nSPS) is 21.0. The number of aliphatic hydroxyl groups excluding tert-OH is 6. The second-order valence-corrected chi connectivity index (χ2v) is 19.8. The molecule has 0 saturated carbocycles. The fraction of sp³-hybridized carbons (Fsp3) is 0.980. The Morgan fingerprint density at radius 1 is 0.517 bits per heavy atom. The summed E-state index contributed by atoms with van der Waals surface area (Å²) < 4.78 is 5.90. The van der Waals surface area contributed by atoms with Crippen molar-refractivity contribution in [1.82, 2.24) is 5.32 Å². The maximum Gasteiger partial charge on any atom is 0.220 e. The van der Waals surface area contributed by atoms with E-state index >= 15 is 0 Å². The predicted molar refractivity (Wildman–Crippen MR) is 252 cm³/mol. The van der Waals surface area contributed by atoms with Gasteiger partial charge >= 0.3 is 0 Å². The first-order chi connectivity index (χ1) is 29.3. The second-order valence-electron chi connectivity index (χ2n) is 18.5. The van der Waals surface area contributed by atoms with Crippen molar-refractivity contribution in [3.8, 4) is 0 Å². The Labute approximate surface area is 373 Å². The lowest BCUT2D eigenvalue weighted by Gasteiger charge is -2.39. The summed E-state index contributed by atoms with van der Waals surface area (Å²) in [5.74, 6) is -0.218. The van der Waals surface area contributed by atoms with Gasteiger partial charge in [-0.1, -0.05) is 232 Å². The maximum absolute atomic E-state index is 13.1. The molecule has 10 heteroatoms. The van der Waals surface area contributed by atoms with Crippen molar-refractivity contribution in [3.63, 3.8) is 0 Å². The van der Waals surface area contributed by atoms with E-state index in [2.05, 4.69) is 19.2 Å². The van der Waals surface area contributed by atoms with E-state index in [-0.39, 0.29) is 12.5 Å². The van der Waals surface area contributed by atoms with Gasteiger partial charge in [0.1, 0.15) is 23.7 Å². The summed E-state index contributed by atoms with van der Waals surface area (Å²) in [6, 6.07) is -0.918. The molecule has 0 aromatic carbocycles. The average molecular weight is 874 g/mol. The first kappa shape index (κ1) is 57.6. The van der Waals surface area contributed by atoms with E-state index in [4.69, 9.17) is 4.74 Å². The van der Waals surface area contributed by atoms with E-state index in [0.717, 1.165) is 50.3 Å². The van der Waals surface area contributed by atoms with E-state index in [1.54, 1.807) is 0 Å². The Balaban J connectivity index is 2.26. The van der Waals surface area contributed by atoms with E-state index in [9.17, 15) is 35.4 Å². The van der Waals surface area contributed by atoms with Crippen LogP contribution in [-0.2, 0) is 9.53 Å². The molecule has 0 unspecified atom stereocenters. The third-order valence-corrected chi connectivity index (χ3v) is 14.3. The molecule has 1 heterocycles. The van der Waals surface area contributed by atoms with E-state index in [1.165, 1.54) is 186 Å². The zero-order valence-electron chi connectivity index (χ0n) is 39.1. The number of thioether (sulfide) groups is 1. The van der Waals surface area contributed by atoms with Gasteiger partial charge in [0.15, 0.2) is 0 Å². The topological polar surface area (TPSA) is 160 Å². The highest BCUT2D eigenvalue weighted by molar-refractivity contribution is 8.00. The Morgan fingerprint density at radius 3 is 1.23 bits per heavy atom. The fourth-order valence-corrected chi connectivity index (χ4v) is 9.84. The minimum Gasteiger partial charge on any atom is -0.395 e. The second kappa shape index (κ2) is 41.3. The van der Waals surface area contributed by atoms with Crippen LogP contribution in [0.5, 0.6) is 0 Å². The molecule has 0 aromatic heterocycles. The molecule has 7 N–H and O–H groups in total. The van der Waals surface area contributed by atoms with Crippen molar-refractivity contribution < 1.29 is 40.2 Å². The molecule has 1 aliphatic heterocycles. The average Bonchev–Trinajstić information content (AvgIpc) is 3.25. The highest BCUT2D eigenvalue weighted by Crippen LogP contribution is 2.33. The Bertz CT molecular complexity index is 931. The summed E-state index contributed by atoms with van der Waals surface area (Å²) >= 11 is 1.01. The number of aliphatic hydroxyl groups is 6. The van der Waals surface area contributed by atoms with Crippen LogP contribution in [0.15, 0.2) is 0 Å². The SMILES string of the molecule is CCCCCCCCCCCCCCCCCCCCCCCCCC(=O)N[C@@H](CO[C@H]1S[C@H](CO)[C@H](O)[C@H](O)[C@H]1O)[C@H](O)[C@H](O)CCCCCCCCCCCCCC. The number of carbonyl (C=O) groups is 1. The molecule has 358 valence electrons. The van der Waals surface area contributed by atoms with Gasteiger partial charge in [-0.25, -0.2) is 0 Å². The number of nitrogens with one attached hydrogen (secondary N) is 1. The molecule has 8 atom stereocenters. The largest absolute Gasteiger partial charge is 0.395 e. The quantitative estimate of drug-likeness (QED) is 0.0296. The maximum atomic E-state index is 13.1. The molecule has 60 heavy (non-hydrogen) atoms. The number of rotatable bonds is 44. The van der Waals surface area contributed by atoms with Gasteiger partial charge in [0.2, 0.25) is 5.91 Å². The number of hydrogen-bond donors (Lipinski definition) is 7. The van der Waals surface area contributed by atoms with E-state index < -0.39 is 53.9 Å². The van der Waals surface area contributed by atoms with Crippen molar-refractivity contribution in [3.05, 3.63) is 0 Å². The van der Waals surface area contributed by atoms with Crippen molar-refractivity contribution in [2.45, 2.75) is 299 Å². The summed E-state index contributed by atoms with van der Waals surface area (Å²) in [5, 5.41) is 65.0. The van der Waals surface area contributed by atoms with Crippen LogP contribution in [0.2, 0.25) is 0 Å². The molecule has 1 saturated heterocycles. The molecule has 1 amide bonds. The molecule has 0 aliphatic carbocycles. The monoisotopic (exact) mass is 874 g/mol. The number of amides is 1. The van der Waals surface area contributed by atoms with Crippen LogP contribution in [0.3, 0.4) is 0 Å². The van der Waals surface area contributed by atoms with Crippen LogP contribution in [-0.4, -0.2) is 97.0 Å². The highest BCUT2D eigenvalue weighted by atomic mass is 32.2. The van der Waals surface area contributed by atoms with Crippen molar-refractivity contribution in [2.75, 3.05) is 13.2 Å². The number of hydrogen-bond acceptors (Lipinski definition) is 9. The molecule has 1 fully saturated rings. The lowest BCUT2D eigenvalue weighted by atomic mass is 9.99. The highest BCUT2D eigenvalue weighted by Gasteiger charge is 2.44. The summed E-state index contributed by atoms with van der Waals surface area (Å²) in [6.45, 7) is 3.92. The van der Waals surface area contributed by atoms with Crippen molar-refractivity contribution >= 4 is 17.7 Å². The molecule has 9 nitrogen and oxygen atoms in total. The summed E-state index contributed by atoms with van der Waals surface area (Å²) in [5.41, 5.74) is -0.982. The molecule has 1 rings (SSSR count). The summed E-state index contributed by atoms with van der Waals surface area (Å²) in [6.07, 6.45) is 38.9. The molecule has 1 aliphatic rings. The lowest BCUT2D eigenvalue weighted by molar-refractivity contribution is -0.128. The molecular weight excluding hydrogens is 775 g/mol. The van der Waals surface area contributed by atoms with Crippen LogP contribution in [0.1, 0.15) is 251 Å². The number of ether oxygens (including phenoxy) is 1. The zero-order chi connectivity index (χ0) is 43.9. The third-order valence-electron chi connectivity index (χ3n) is 12.8. The molecule has 0 radical (unpaired) electrons. The summed E-state index contributed by atoms with van der Waals surface area (Å²) in [4.78, 5) is 13.1. The van der Waals surface area contributed by atoms with Crippen molar-refractivity contribution in [2.24, 2.45) is 0 Å². The minimum atomic E-state index is -1.50. The number of carbonyl (C=O) groups excluding carboxylic acids is 1. The van der Waals surface area contributed by atoms with Crippen LogP contribution in [0.25, 0.3) is 0 Å². The first-order valence-electron chi connectivity index (χ1n) is 25.8. The van der Waals surface area contributed by atoms with Gasteiger partial charge in [-0.05, 0) is 12.8 Å². The Kier molecular flexibility index (Phi) is 39.6. The van der Waals surface area contributed by atoms with Gasteiger partial charge in [-0.3, -0.25) is 4.79 Å². The first-order valence-corrected chi connectivity index (χ1v) is 26.8. The summed E-state index contributed by atoms with van der Waals surface area (Å²) in [7, 11) is 0. The van der Waals surface area contributed by atoms with Crippen LogP contribution >= 0.6 is 11.8 Å². The third kappa shape index (κ3) is 30.6. The molecule has 0 spiro atoms. The smallest absolute Gasteiger partial charge is 0.220 e. The van der Waals surface area contributed by atoms with Gasteiger partial charge in [-0.15, -0.1) is 11.8 Å². The van der Waals surface area contributed by atoms with E-state index in [0.29, 0.717) is 12.8 Å². The standard InChI is InChI=1S/C50H99NO8S/c1-3-5-7-9-11-13-15-17-18-19-20-21-22-23-24-25-26-27-29-31-33-35-37-39-45(54)51-42(41-59-50-49(58)48(57)47(56)44(40-52)60-50)46(55)43(53)38-36-34-32-30-28-16-14-12-10-8-6-4-2/h42-44,46-50,52-53,55-58H,3-41H2,1-2H3,(H,51,54)/t42-,43+,44+,46-,47-,48-,49+,50-/m0/s1. The predicted octanol–water partition coefficient (Wildman–Crippen LogP) is 11.2. The van der Waals surface area contributed by atoms with Gasteiger partial charge < -0.3 is 40.7 Å². The van der Waals surface area contributed by atoms with Crippen molar-refractivity contribution in [1.29, 1.82) is 0 Å². The Morgan fingerprint density at radius 2 is 0.867 bits per heavy atom. The van der Waals surface area contributed by atoms with E-state index in [1.807, 2.05) is 0 Å². The van der Waals surface area contributed by atoms with Crippen LogP contribution in [0.4, 0.5) is 0 Å². The van der Waals surface area contributed by atoms with Gasteiger partial charge in [0.25, 0.3) is 0 Å². The minimum absolute atomic E-state index is 0.197. The van der Waals surface area contributed by atoms with Gasteiger partial charge in [0, 0.05) is 6.42 Å². The molecule has 0 aromatic rings. The molecular formula is C50H99NO8S. The van der Waals surface area contributed by atoms with Gasteiger partial charge in [0.05, 0.1) is 36.7 Å². The number of unbranched alkanes of at least 4 members (excludes halogenated alkanes) is 33. The van der Waals surface area contributed by atoms with Crippen LogP contribution < -0.4 is 5.32 Å². The van der Waals surface area contributed by atoms with Gasteiger partial charge in [-0.2, -0.15) is 0 Å².